The van der Waals surface area contributed by atoms with Crippen molar-refractivity contribution in [2.24, 2.45) is 0 Å². The lowest BCUT2D eigenvalue weighted by Crippen LogP contribution is -2.18. The minimum atomic E-state index is -0.216. The predicted octanol–water partition coefficient (Wildman–Crippen LogP) is 3.14. The maximum absolute atomic E-state index is 12.3. The van der Waals surface area contributed by atoms with E-state index in [1.54, 1.807) is 31.3 Å². The van der Waals surface area contributed by atoms with Crippen LogP contribution in [0, 0.1) is 0 Å². The van der Waals surface area contributed by atoms with Crippen LogP contribution >= 0.6 is 0 Å². The summed E-state index contributed by atoms with van der Waals surface area (Å²) in [6.07, 6.45) is 3.58. The van der Waals surface area contributed by atoms with E-state index in [-0.39, 0.29) is 30.4 Å². The number of aryl methyl sites for hydroxylation is 2. The molecule has 0 saturated carbocycles. The van der Waals surface area contributed by atoms with Crippen LogP contribution in [0.15, 0.2) is 42.5 Å². The van der Waals surface area contributed by atoms with E-state index in [4.69, 9.17) is 0 Å². The van der Waals surface area contributed by atoms with Gasteiger partial charge in [-0.1, -0.05) is 12.1 Å². The van der Waals surface area contributed by atoms with Crippen LogP contribution < -0.4 is 10.6 Å². The minimum absolute atomic E-state index is 0.00943. The van der Waals surface area contributed by atoms with E-state index in [0.29, 0.717) is 16.8 Å². The molecule has 1 aliphatic rings. The normalized spacial score (nSPS) is 12.3. The van der Waals surface area contributed by atoms with E-state index < -0.39 is 0 Å². The Bertz CT molecular complexity index is 841. The Labute approximate surface area is 152 Å². The number of fused-ring (bicyclic) bond motifs is 1. The number of hydrogen-bond acceptors (Lipinski definition) is 3. The highest BCUT2D eigenvalue weighted by atomic mass is 16.2. The summed E-state index contributed by atoms with van der Waals surface area (Å²) in [5.41, 5.74) is 4.41. The number of amides is 2. The van der Waals surface area contributed by atoms with E-state index in [2.05, 4.69) is 10.6 Å². The van der Waals surface area contributed by atoms with Crippen molar-refractivity contribution in [3.8, 4) is 0 Å². The SMILES string of the molecule is CNC(=O)c1ccc(NC(=O)CCC(=O)c2ccc3c(c2)CCC3)cc1. The highest BCUT2D eigenvalue weighted by Gasteiger charge is 2.15. The van der Waals surface area contributed by atoms with Gasteiger partial charge in [0.15, 0.2) is 5.78 Å². The molecule has 134 valence electrons. The molecule has 0 radical (unpaired) electrons. The highest BCUT2D eigenvalue weighted by Crippen LogP contribution is 2.23. The van der Waals surface area contributed by atoms with Gasteiger partial charge in [-0.2, -0.15) is 0 Å². The molecule has 0 heterocycles. The Kier molecular flexibility index (Phi) is 5.46. The average molecular weight is 350 g/mol. The molecular weight excluding hydrogens is 328 g/mol. The maximum Gasteiger partial charge on any atom is 0.251 e. The van der Waals surface area contributed by atoms with Crippen LogP contribution in [-0.2, 0) is 17.6 Å². The van der Waals surface area contributed by atoms with Gasteiger partial charge in [0.1, 0.15) is 0 Å². The van der Waals surface area contributed by atoms with Crippen molar-refractivity contribution >= 4 is 23.3 Å². The molecule has 2 aromatic rings. The number of carbonyl (C=O) groups excluding carboxylic acids is 3. The van der Waals surface area contributed by atoms with E-state index in [0.717, 1.165) is 19.3 Å². The van der Waals surface area contributed by atoms with E-state index >= 15 is 0 Å². The maximum atomic E-state index is 12.3. The van der Waals surface area contributed by atoms with Gasteiger partial charge in [0.25, 0.3) is 5.91 Å². The van der Waals surface area contributed by atoms with Gasteiger partial charge in [-0.05, 0) is 60.7 Å². The lowest BCUT2D eigenvalue weighted by molar-refractivity contribution is -0.116. The Balaban J connectivity index is 1.52. The molecule has 2 N–H and O–H groups in total. The van der Waals surface area contributed by atoms with E-state index in [9.17, 15) is 14.4 Å². The van der Waals surface area contributed by atoms with Crippen molar-refractivity contribution in [3.05, 3.63) is 64.7 Å². The molecule has 26 heavy (non-hydrogen) atoms. The standard InChI is InChI=1S/C21H22N2O3/c1-22-21(26)15-7-9-18(10-8-15)23-20(25)12-11-19(24)17-6-5-14-3-2-4-16(14)13-17/h5-10,13H,2-4,11-12H2,1H3,(H,22,26)(H,23,25). The smallest absolute Gasteiger partial charge is 0.251 e. The molecule has 2 amide bonds. The number of ketones is 1. The van der Waals surface area contributed by atoms with Crippen molar-refractivity contribution in [2.75, 3.05) is 12.4 Å². The summed E-state index contributed by atoms with van der Waals surface area (Å²) in [5, 5.41) is 5.29. The zero-order chi connectivity index (χ0) is 18.5. The van der Waals surface area contributed by atoms with Crippen LogP contribution in [0.3, 0.4) is 0 Å². The topological polar surface area (TPSA) is 75.3 Å². The summed E-state index contributed by atoms with van der Waals surface area (Å²) < 4.78 is 0. The first-order valence-corrected chi connectivity index (χ1v) is 8.84. The van der Waals surface area contributed by atoms with Gasteiger partial charge >= 0.3 is 0 Å². The predicted molar refractivity (Wildman–Crippen MR) is 100 cm³/mol. The zero-order valence-electron chi connectivity index (χ0n) is 14.8. The fraction of sp³-hybridized carbons (Fsp3) is 0.286. The van der Waals surface area contributed by atoms with Crippen LogP contribution in [0.1, 0.15) is 51.1 Å². The molecule has 0 aliphatic heterocycles. The van der Waals surface area contributed by atoms with Gasteiger partial charge in [-0.3, -0.25) is 14.4 Å². The summed E-state index contributed by atoms with van der Waals surface area (Å²) in [7, 11) is 1.57. The summed E-state index contributed by atoms with van der Waals surface area (Å²) in [5.74, 6) is -0.403. The first kappa shape index (κ1) is 17.9. The lowest BCUT2D eigenvalue weighted by Gasteiger charge is -2.07. The Morgan fingerprint density at radius 2 is 1.58 bits per heavy atom. The van der Waals surface area contributed by atoms with Crippen molar-refractivity contribution in [2.45, 2.75) is 32.1 Å². The summed E-state index contributed by atoms with van der Waals surface area (Å²) >= 11 is 0. The van der Waals surface area contributed by atoms with E-state index in [1.165, 1.54) is 11.1 Å². The first-order chi connectivity index (χ1) is 12.6. The Hall–Kier alpha value is -2.95. The molecule has 5 heteroatoms. The Morgan fingerprint density at radius 3 is 2.31 bits per heavy atom. The number of hydrogen-bond donors (Lipinski definition) is 2. The third-order valence-electron chi connectivity index (χ3n) is 4.66. The molecular formula is C21H22N2O3. The lowest BCUT2D eigenvalue weighted by atomic mass is 10.0. The van der Waals surface area contributed by atoms with Crippen LogP contribution in [-0.4, -0.2) is 24.6 Å². The number of Topliss-reactive ketones (excluding diaryl/α,β-unsaturated/α-hetero) is 1. The Morgan fingerprint density at radius 1 is 0.885 bits per heavy atom. The van der Waals surface area contributed by atoms with E-state index in [1.807, 2.05) is 18.2 Å². The third-order valence-corrected chi connectivity index (χ3v) is 4.66. The first-order valence-electron chi connectivity index (χ1n) is 8.84. The zero-order valence-corrected chi connectivity index (χ0v) is 14.8. The van der Waals surface area contributed by atoms with Gasteiger partial charge in [0, 0.05) is 36.7 Å². The van der Waals surface area contributed by atoms with Crippen LogP contribution in [0.2, 0.25) is 0 Å². The molecule has 5 nitrogen and oxygen atoms in total. The van der Waals surface area contributed by atoms with Crippen LogP contribution in [0.4, 0.5) is 5.69 Å². The molecule has 0 fully saturated rings. The quantitative estimate of drug-likeness (QED) is 0.786. The molecule has 3 rings (SSSR count). The van der Waals surface area contributed by atoms with Gasteiger partial charge in [0.05, 0.1) is 0 Å². The number of anilines is 1. The summed E-state index contributed by atoms with van der Waals surface area (Å²) in [4.78, 5) is 35.9. The average Bonchev–Trinajstić information content (AvgIpc) is 3.13. The second-order valence-corrected chi connectivity index (χ2v) is 6.46. The van der Waals surface area contributed by atoms with Crippen molar-refractivity contribution in [1.29, 1.82) is 0 Å². The highest BCUT2D eigenvalue weighted by molar-refractivity contribution is 6.00. The second-order valence-electron chi connectivity index (χ2n) is 6.46. The number of rotatable bonds is 6. The fourth-order valence-electron chi connectivity index (χ4n) is 3.19. The van der Waals surface area contributed by atoms with Crippen molar-refractivity contribution < 1.29 is 14.4 Å². The molecule has 0 aromatic heterocycles. The van der Waals surface area contributed by atoms with Gasteiger partial charge in [-0.15, -0.1) is 0 Å². The number of nitrogens with one attached hydrogen (secondary N) is 2. The molecule has 2 aromatic carbocycles. The third kappa shape index (κ3) is 4.17. The summed E-state index contributed by atoms with van der Waals surface area (Å²) in [6, 6.07) is 12.5. The van der Waals surface area contributed by atoms with Crippen molar-refractivity contribution in [3.63, 3.8) is 0 Å². The molecule has 1 aliphatic carbocycles. The van der Waals surface area contributed by atoms with Gasteiger partial charge < -0.3 is 10.6 Å². The fourth-order valence-corrected chi connectivity index (χ4v) is 3.19. The largest absolute Gasteiger partial charge is 0.355 e. The number of benzene rings is 2. The van der Waals surface area contributed by atoms with Crippen LogP contribution in [0.5, 0.6) is 0 Å². The second kappa shape index (κ2) is 7.95. The molecule has 0 atom stereocenters. The summed E-state index contributed by atoms with van der Waals surface area (Å²) in [6.45, 7) is 0. The molecule has 0 unspecified atom stereocenters. The van der Waals surface area contributed by atoms with Crippen molar-refractivity contribution in [1.82, 2.24) is 5.32 Å². The molecule has 0 spiro atoms. The molecule has 0 saturated heterocycles. The van der Waals surface area contributed by atoms with Gasteiger partial charge in [0.2, 0.25) is 5.91 Å². The number of carbonyl (C=O) groups is 3. The minimum Gasteiger partial charge on any atom is -0.355 e. The van der Waals surface area contributed by atoms with Gasteiger partial charge in [-0.25, -0.2) is 0 Å². The van der Waals surface area contributed by atoms with Crippen LogP contribution in [0.25, 0.3) is 0 Å². The molecule has 0 bridgehead atoms. The monoisotopic (exact) mass is 350 g/mol.